The number of hydrogen-bond donors (Lipinski definition) is 0. The monoisotopic (exact) mass is 177 g/mol. The summed E-state index contributed by atoms with van der Waals surface area (Å²) in [5.41, 5.74) is 1.43. The summed E-state index contributed by atoms with van der Waals surface area (Å²) in [5.74, 6) is 1.67. The molecule has 2 heteroatoms. The second-order valence-corrected chi connectivity index (χ2v) is 3.69. The maximum atomic E-state index is 5.11. The third-order valence-corrected chi connectivity index (χ3v) is 2.65. The van der Waals surface area contributed by atoms with E-state index in [1.54, 1.807) is 7.11 Å². The zero-order chi connectivity index (χ0) is 9.26. The standard InChI is InChI=1S/C11H15NO/c1-12-7-10(8-12)9-3-5-11(13-2)6-4-9/h3-6,10H,7-8H2,1-2H3. The summed E-state index contributed by atoms with van der Waals surface area (Å²) in [7, 11) is 3.85. The number of likely N-dealkylation sites (tertiary alicyclic amines) is 1. The van der Waals surface area contributed by atoms with E-state index >= 15 is 0 Å². The summed E-state index contributed by atoms with van der Waals surface area (Å²) in [6.45, 7) is 2.37. The Kier molecular flexibility index (Phi) is 2.23. The van der Waals surface area contributed by atoms with Crippen LogP contribution in [0.3, 0.4) is 0 Å². The van der Waals surface area contributed by atoms with E-state index in [2.05, 4.69) is 24.1 Å². The number of hydrogen-bond acceptors (Lipinski definition) is 2. The first kappa shape index (κ1) is 8.57. The summed E-state index contributed by atoms with van der Waals surface area (Å²) >= 11 is 0. The van der Waals surface area contributed by atoms with Crippen molar-refractivity contribution in [3.63, 3.8) is 0 Å². The summed E-state index contributed by atoms with van der Waals surface area (Å²) in [4.78, 5) is 2.33. The predicted molar refractivity (Wildman–Crippen MR) is 53.2 cm³/mol. The van der Waals surface area contributed by atoms with E-state index in [0.29, 0.717) is 0 Å². The number of rotatable bonds is 2. The van der Waals surface area contributed by atoms with E-state index in [9.17, 15) is 0 Å². The number of methoxy groups -OCH3 is 1. The van der Waals surface area contributed by atoms with Crippen LogP contribution in [0.2, 0.25) is 0 Å². The Hall–Kier alpha value is -1.02. The lowest BCUT2D eigenvalue weighted by atomic mass is 9.92. The quantitative estimate of drug-likeness (QED) is 0.682. The Labute approximate surface area is 79.1 Å². The highest BCUT2D eigenvalue weighted by Crippen LogP contribution is 2.26. The number of likely N-dealkylation sites (N-methyl/N-ethyl adjacent to an activating group) is 1. The topological polar surface area (TPSA) is 12.5 Å². The normalized spacial score (nSPS) is 18.3. The predicted octanol–water partition coefficient (Wildman–Crippen LogP) is 1.72. The zero-order valence-electron chi connectivity index (χ0n) is 8.16. The average molecular weight is 177 g/mol. The van der Waals surface area contributed by atoms with Crippen molar-refractivity contribution < 1.29 is 4.74 Å². The molecule has 1 aliphatic heterocycles. The van der Waals surface area contributed by atoms with Crippen LogP contribution in [0, 0.1) is 0 Å². The molecule has 0 spiro atoms. The first-order valence-corrected chi connectivity index (χ1v) is 4.62. The molecule has 0 aromatic heterocycles. The van der Waals surface area contributed by atoms with Gasteiger partial charge in [0.25, 0.3) is 0 Å². The highest BCUT2D eigenvalue weighted by atomic mass is 16.5. The van der Waals surface area contributed by atoms with Crippen molar-refractivity contribution in [3.8, 4) is 5.75 Å². The molecule has 1 aliphatic rings. The molecule has 2 rings (SSSR count). The van der Waals surface area contributed by atoms with Gasteiger partial charge in [0.15, 0.2) is 0 Å². The van der Waals surface area contributed by atoms with Gasteiger partial charge in [0.05, 0.1) is 7.11 Å². The molecule has 0 aliphatic carbocycles. The minimum Gasteiger partial charge on any atom is -0.497 e. The van der Waals surface area contributed by atoms with Gasteiger partial charge in [-0.15, -0.1) is 0 Å². The lowest BCUT2D eigenvalue weighted by Gasteiger charge is -2.36. The molecule has 0 radical (unpaired) electrons. The van der Waals surface area contributed by atoms with Gasteiger partial charge < -0.3 is 9.64 Å². The van der Waals surface area contributed by atoms with Crippen LogP contribution in [0.15, 0.2) is 24.3 Å². The fourth-order valence-corrected chi connectivity index (χ4v) is 1.79. The van der Waals surface area contributed by atoms with Crippen molar-refractivity contribution >= 4 is 0 Å². The van der Waals surface area contributed by atoms with E-state index in [1.165, 1.54) is 18.7 Å². The molecule has 70 valence electrons. The number of benzene rings is 1. The largest absolute Gasteiger partial charge is 0.497 e. The molecule has 1 saturated heterocycles. The van der Waals surface area contributed by atoms with Crippen LogP contribution in [0.1, 0.15) is 11.5 Å². The molecular formula is C11H15NO. The summed E-state index contributed by atoms with van der Waals surface area (Å²) in [5, 5.41) is 0. The lowest BCUT2D eigenvalue weighted by Crippen LogP contribution is -2.41. The van der Waals surface area contributed by atoms with Crippen LogP contribution in [0.5, 0.6) is 5.75 Å². The number of nitrogens with zero attached hydrogens (tertiary/aromatic N) is 1. The van der Waals surface area contributed by atoms with E-state index in [-0.39, 0.29) is 0 Å². The van der Waals surface area contributed by atoms with Crippen LogP contribution in [0.4, 0.5) is 0 Å². The van der Waals surface area contributed by atoms with Gasteiger partial charge in [-0.25, -0.2) is 0 Å². The van der Waals surface area contributed by atoms with Crippen LogP contribution in [0.25, 0.3) is 0 Å². The van der Waals surface area contributed by atoms with E-state index in [0.717, 1.165) is 11.7 Å². The highest BCUT2D eigenvalue weighted by molar-refractivity contribution is 5.30. The Morgan fingerprint density at radius 1 is 1.23 bits per heavy atom. The average Bonchev–Trinajstić information content (AvgIpc) is 2.13. The third kappa shape index (κ3) is 1.68. The molecule has 1 heterocycles. The molecule has 0 bridgehead atoms. The maximum Gasteiger partial charge on any atom is 0.118 e. The van der Waals surface area contributed by atoms with E-state index in [1.807, 2.05) is 12.1 Å². The van der Waals surface area contributed by atoms with Crippen molar-refractivity contribution in [2.45, 2.75) is 5.92 Å². The molecule has 0 N–H and O–H groups in total. The van der Waals surface area contributed by atoms with Crippen LogP contribution >= 0.6 is 0 Å². The van der Waals surface area contributed by atoms with E-state index in [4.69, 9.17) is 4.74 Å². The van der Waals surface area contributed by atoms with E-state index < -0.39 is 0 Å². The van der Waals surface area contributed by atoms with Crippen molar-refractivity contribution in [2.24, 2.45) is 0 Å². The third-order valence-electron chi connectivity index (χ3n) is 2.65. The Morgan fingerprint density at radius 2 is 1.85 bits per heavy atom. The SMILES string of the molecule is COc1ccc(C2CN(C)C2)cc1. The molecule has 0 amide bonds. The number of ether oxygens (including phenoxy) is 1. The molecule has 1 aromatic rings. The maximum absolute atomic E-state index is 5.11. The minimum absolute atomic E-state index is 0.732. The Bertz CT molecular complexity index is 275. The molecule has 1 fully saturated rings. The smallest absolute Gasteiger partial charge is 0.118 e. The fraction of sp³-hybridized carbons (Fsp3) is 0.455. The summed E-state index contributed by atoms with van der Waals surface area (Å²) in [6.07, 6.45) is 0. The van der Waals surface area contributed by atoms with Crippen LogP contribution in [-0.2, 0) is 0 Å². The van der Waals surface area contributed by atoms with Gasteiger partial charge in [-0.1, -0.05) is 12.1 Å². The Morgan fingerprint density at radius 3 is 2.31 bits per heavy atom. The van der Waals surface area contributed by atoms with Crippen molar-refractivity contribution in [3.05, 3.63) is 29.8 Å². The molecule has 1 aromatic carbocycles. The van der Waals surface area contributed by atoms with Gasteiger partial charge in [-0.3, -0.25) is 0 Å². The zero-order valence-corrected chi connectivity index (χ0v) is 8.16. The van der Waals surface area contributed by atoms with Gasteiger partial charge in [0, 0.05) is 19.0 Å². The molecule has 2 nitrogen and oxygen atoms in total. The minimum atomic E-state index is 0.732. The highest BCUT2D eigenvalue weighted by Gasteiger charge is 2.24. The second-order valence-electron chi connectivity index (χ2n) is 3.69. The summed E-state index contributed by atoms with van der Waals surface area (Å²) < 4.78 is 5.11. The first-order chi connectivity index (χ1) is 6.29. The summed E-state index contributed by atoms with van der Waals surface area (Å²) in [6, 6.07) is 8.40. The lowest BCUT2D eigenvalue weighted by molar-refractivity contribution is 0.189. The Balaban J connectivity index is 2.06. The van der Waals surface area contributed by atoms with Crippen LogP contribution < -0.4 is 4.74 Å². The van der Waals surface area contributed by atoms with Gasteiger partial charge in [0.1, 0.15) is 5.75 Å². The second kappa shape index (κ2) is 3.38. The van der Waals surface area contributed by atoms with Gasteiger partial charge in [0.2, 0.25) is 0 Å². The van der Waals surface area contributed by atoms with Crippen molar-refractivity contribution in [1.82, 2.24) is 4.90 Å². The van der Waals surface area contributed by atoms with Crippen LogP contribution in [-0.4, -0.2) is 32.1 Å². The molecule has 0 saturated carbocycles. The van der Waals surface area contributed by atoms with Crippen molar-refractivity contribution in [1.29, 1.82) is 0 Å². The van der Waals surface area contributed by atoms with Gasteiger partial charge in [-0.2, -0.15) is 0 Å². The van der Waals surface area contributed by atoms with Crippen molar-refractivity contribution in [2.75, 3.05) is 27.2 Å². The fourth-order valence-electron chi connectivity index (χ4n) is 1.79. The molecule has 13 heavy (non-hydrogen) atoms. The molecule has 0 unspecified atom stereocenters. The van der Waals surface area contributed by atoms with Gasteiger partial charge >= 0.3 is 0 Å². The molecule has 0 atom stereocenters. The first-order valence-electron chi connectivity index (χ1n) is 4.62. The van der Waals surface area contributed by atoms with Gasteiger partial charge in [-0.05, 0) is 24.7 Å². The molecular weight excluding hydrogens is 162 g/mol.